The van der Waals surface area contributed by atoms with Gasteiger partial charge in [-0.1, -0.05) is 38.1 Å². The van der Waals surface area contributed by atoms with Crippen LogP contribution in [-0.4, -0.2) is 25.4 Å². The Morgan fingerprint density at radius 2 is 1.36 bits per heavy atom. The van der Waals surface area contributed by atoms with Gasteiger partial charge in [-0.2, -0.15) is 0 Å². The largest absolute Gasteiger partial charge is 0.497 e. The maximum Gasteiger partial charge on any atom is 0.120 e. The summed E-state index contributed by atoms with van der Waals surface area (Å²) in [5.41, 5.74) is 2.22. The zero-order valence-electron chi connectivity index (χ0n) is 15.8. The minimum absolute atomic E-state index is 0.0812. The molecule has 1 aliphatic heterocycles. The number of epoxide rings is 1. The van der Waals surface area contributed by atoms with Gasteiger partial charge in [-0.25, -0.2) is 0 Å². The van der Waals surface area contributed by atoms with Gasteiger partial charge in [-0.15, -0.1) is 0 Å². The Kier molecular flexibility index (Phi) is 4.79. The van der Waals surface area contributed by atoms with E-state index in [0.29, 0.717) is 6.10 Å². The van der Waals surface area contributed by atoms with Gasteiger partial charge in [0.25, 0.3) is 0 Å². The van der Waals surface area contributed by atoms with Crippen molar-refractivity contribution in [1.82, 2.24) is 0 Å². The number of methoxy groups -OCH3 is 1. The van der Waals surface area contributed by atoms with E-state index in [2.05, 4.69) is 64.1 Å². The molecule has 1 aliphatic rings. The van der Waals surface area contributed by atoms with Crippen molar-refractivity contribution in [2.45, 2.75) is 51.2 Å². The van der Waals surface area contributed by atoms with Gasteiger partial charge in [0.05, 0.1) is 19.8 Å². The Morgan fingerprint density at radius 3 is 1.80 bits per heavy atom. The van der Waals surface area contributed by atoms with Crippen molar-refractivity contribution in [2.75, 3.05) is 13.7 Å². The molecule has 0 bridgehead atoms. The zero-order valence-corrected chi connectivity index (χ0v) is 15.8. The summed E-state index contributed by atoms with van der Waals surface area (Å²) in [6, 6.07) is 16.7. The number of benzene rings is 2. The normalized spacial score (nSPS) is 17.2. The Bertz CT molecular complexity index is 695. The molecule has 0 saturated carbocycles. The van der Waals surface area contributed by atoms with Crippen molar-refractivity contribution < 1.29 is 14.2 Å². The molecular formula is C22H28O3. The standard InChI is InChI=1S/C22H28O3/c1-21(2,14-20-15-24-20)25-19-12-8-17(9-13-19)22(3,4)16-6-10-18(23-5)11-7-16/h6-13,20H,14-15H2,1-5H3. The van der Waals surface area contributed by atoms with Crippen LogP contribution in [0.4, 0.5) is 0 Å². The summed E-state index contributed by atoms with van der Waals surface area (Å²) in [7, 11) is 1.69. The first kappa shape index (κ1) is 17.8. The predicted molar refractivity (Wildman–Crippen MR) is 101 cm³/mol. The van der Waals surface area contributed by atoms with Crippen LogP contribution < -0.4 is 9.47 Å². The van der Waals surface area contributed by atoms with Crippen LogP contribution in [0.1, 0.15) is 45.2 Å². The number of ether oxygens (including phenoxy) is 3. The molecule has 0 amide bonds. The maximum atomic E-state index is 6.16. The lowest BCUT2D eigenvalue weighted by atomic mass is 9.78. The minimum atomic E-state index is -0.214. The Hall–Kier alpha value is -2.00. The molecule has 3 heteroatoms. The third-order valence-corrected chi connectivity index (χ3v) is 4.90. The van der Waals surface area contributed by atoms with Crippen LogP contribution in [0.2, 0.25) is 0 Å². The second-order valence-electron chi connectivity index (χ2n) is 7.90. The highest BCUT2D eigenvalue weighted by Gasteiger charge is 2.32. The first-order valence-electron chi connectivity index (χ1n) is 8.86. The van der Waals surface area contributed by atoms with E-state index in [1.54, 1.807) is 7.11 Å². The molecule has 1 unspecified atom stereocenters. The van der Waals surface area contributed by atoms with Gasteiger partial charge in [-0.3, -0.25) is 0 Å². The molecular weight excluding hydrogens is 312 g/mol. The molecule has 2 aromatic carbocycles. The fourth-order valence-corrected chi connectivity index (χ4v) is 3.21. The first-order chi connectivity index (χ1) is 11.8. The number of hydrogen-bond donors (Lipinski definition) is 0. The molecule has 1 heterocycles. The molecule has 0 aliphatic carbocycles. The van der Waals surface area contributed by atoms with Gasteiger partial charge in [-0.05, 0) is 49.2 Å². The summed E-state index contributed by atoms with van der Waals surface area (Å²) < 4.78 is 16.7. The second-order valence-corrected chi connectivity index (χ2v) is 7.90. The molecule has 2 aromatic rings. The first-order valence-corrected chi connectivity index (χ1v) is 8.86. The fraction of sp³-hybridized carbons (Fsp3) is 0.455. The number of rotatable bonds is 7. The molecule has 0 N–H and O–H groups in total. The van der Waals surface area contributed by atoms with Crippen molar-refractivity contribution in [3.63, 3.8) is 0 Å². The van der Waals surface area contributed by atoms with E-state index in [1.807, 2.05) is 12.1 Å². The average molecular weight is 340 g/mol. The number of hydrogen-bond acceptors (Lipinski definition) is 3. The van der Waals surface area contributed by atoms with E-state index in [0.717, 1.165) is 24.5 Å². The molecule has 25 heavy (non-hydrogen) atoms. The van der Waals surface area contributed by atoms with Gasteiger partial charge < -0.3 is 14.2 Å². The lowest BCUT2D eigenvalue weighted by Crippen LogP contribution is -2.30. The summed E-state index contributed by atoms with van der Waals surface area (Å²) in [5, 5.41) is 0. The molecule has 3 rings (SSSR count). The van der Waals surface area contributed by atoms with E-state index in [4.69, 9.17) is 14.2 Å². The van der Waals surface area contributed by atoms with E-state index in [1.165, 1.54) is 11.1 Å². The Labute approximate surface area is 150 Å². The lowest BCUT2D eigenvalue weighted by molar-refractivity contribution is 0.0895. The average Bonchev–Trinajstić information content (AvgIpc) is 3.38. The summed E-state index contributed by atoms with van der Waals surface area (Å²) in [5.74, 6) is 1.78. The van der Waals surface area contributed by atoms with E-state index >= 15 is 0 Å². The highest BCUT2D eigenvalue weighted by Crippen LogP contribution is 2.34. The summed E-state index contributed by atoms with van der Waals surface area (Å²) in [4.78, 5) is 0. The molecule has 0 aromatic heterocycles. The van der Waals surface area contributed by atoms with Crippen molar-refractivity contribution >= 4 is 0 Å². The van der Waals surface area contributed by atoms with E-state index in [9.17, 15) is 0 Å². The maximum absolute atomic E-state index is 6.16. The Balaban J connectivity index is 1.73. The molecule has 1 atom stereocenters. The van der Waals surface area contributed by atoms with Crippen LogP contribution in [0.5, 0.6) is 11.5 Å². The minimum Gasteiger partial charge on any atom is -0.497 e. The smallest absolute Gasteiger partial charge is 0.120 e. The molecule has 0 spiro atoms. The molecule has 1 saturated heterocycles. The van der Waals surface area contributed by atoms with Crippen LogP contribution >= 0.6 is 0 Å². The van der Waals surface area contributed by atoms with Crippen LogP contribution in [-0.2, 0) is 10.2 Å². The molecule has 0 radical (unpaired) electrons. The van der Waals surface area contributed by atoms with Crippen molar-refractivity contribution in [3.8, 4) is 11.5 Å². The summed E-state index contributed by atoms with van der Waals surface area (Å²) >= 11 is 0. The molecule has 3 nitrogen and oxygen atoms in total. The highest BCUT2D eigenvalue weighted by molar-refractivity contribution is 5.41. The van der Waals surface area contributed by atoms with Crippen molar-refractivity contribution in [2.24, 2.45) is 0 Å². The van der Waals surface area contributed by atoms with Crippen molar-refractivity contribution in [3.05, 3.63) is 59.7 Å². The third-order valence-electron chi connectivity index (χ3n) is 4.90. The van der Waals surface area contributed by atoms with Gasteiger partial charge in [0.2, 0.25) is 0 Å². The summed E-state index contributed by atoms with van der Waals surface area (Å²) in [6.45, 7) is 9.56. The van der Waals surface area contributed by atoms with Gasteiger partial charge in [0.1, 0.15) is 17.1 Å². The van der Waals surface area contributed by atoms with Gasteiger partial charge in [0, 0.05) is 11.8 Å². The van der Waals surface area contributed by atoms with Gasteiger partial charge >= 0.3 is 0 Å². The van der Waals surface area contributed by atoms with Crippen LogP contribution in [0, 0.1) is 0 Å². The van der Waals surface area contributed by atoms with Crippen LogP contribution in [0.15, 0.2) is 48.5 Å². The molecule has 134 valence electrons. The van der Waals surface area contributed by atoms with E-state index in [-0.39, 0.29) is 11.0 Å². The van der Waals surface area contributed by atoms with Crippen LogP contribution in [0.3, 0.4) is 0 Å². The summed E-state index contributed by atoms with van der Waals surface area (Å²) in [6.07, 6.45) is 1.29. The second kappa shape index (κ2) is 6.72. The topological polar surface area (TPSA) is 31.0 Å². The predicted octanol–water partition coefficient (Wildman–Crippen LogP) is 4.97. The van der Waals surface area contributed by atoms with Crippen LogP contribution in [0.25, 0.3) is 0 Å². The highest BCUT2D eigenvalue weighted by atomic mass is 16.6. The lowest BCUT2D eigenvalue weighted by Gasteiger charge is -2.28. The Morgan fingerprint density at radius 1 is 0.880 bits per heavy atom. The monoisotopic (exact) mass is 340 g/mol. The third kappa shape index (κ3) is 4.35. The van der Waals surface area contributed by atoms with Gasteiger partial charge in [0.15, 0.2) is 0 Å². The SMILES string of the molecule is COc1ccc(C(C)(C)c2ccc(OC(C)(C)CC3CO3)cc2)cc1. The van der Waals surface area contributed by atoms with E-state index < -0.39 is 0 Å². The quantitative estimate of drug-likeness (QED) is 0.667. The zero-order chi connectivity index (χ0) is 18.1. The molecule has 1 fully saturated rings. The fourth-order valence-electron chi connectivity index (χ4n) is 3.21. The van der Waals surface area contributed by atoms with Crippen molar-refractivity contribution in [1.29, 1.82) is 0 Å².